The van der Waals surface area contributed by atoms with Gasteiger partial charge in [0, 0.05) is 30.7 Å². The second-order valence-corrected chi connectivity index (χ2v) is 8.14. The Morgan fingerprint density at radius 3 is 2.73 bits per heavy atom. The van der Waals surface area contributed by atoms with Crippen molar-refractivity contribution < 1.29 is 4.74 Å². The lowest BCUT2D eigenvalue weighted by molar-refractivity contribution is 0.294. The molecular weight excluding hydrogens is 370 g/mol. The molecule has 2 heterocycles. The van der Waals surface area contributed by atoms with Gasteiger partial charge in [0.1, 0.15) is 11.4 Å². The van der Waals surface area contributed by atoms with Gasteiger partial charge in [0.25, 0.3) is 0 Å². The third-order valence-corrected chi connectivity index (χ3v) is 5.56. The molecule has 0 saturated heterocycles. The third-order valence-electron chi connectivity index (χ3n) is 5.56. The molecule has 0 aliphatic heterocycles. The number of unbranched alkanes of at least 4 members (excludes halogenated alkanes) is 3. The quantitative estimate of drug-likeness (QED) is 0.346. The van der Waals surface area contributed by atoms with E-state index in [1.165, 1.54) is 36.0 Å². The standard InChI is InChI=1S/C26H35N3O/c1-5-22-19-24(12-13-25(22)21(2)3)30-18-9-7-6-8-15-28(4)20-23-11-10-16-29-17-14-27-26(23)29/h10-14,16-17,19H,2,5-9,15,18,20H2,1,3-4H3. The molecule has 1 aromatic carbocycles. The van der Waals surface area contributed by atoms with Crippen molar-refractivity contribution >= 4 is 11.2 Å². The lowest BCUT2D eigenvalue weighted by Crippen LogP contribution is -2.19. The Morgan fingerprint density at radius 1 is 1.10 bits per heavy atom. The van der Waals surface area contributed by atoms with Gasteiger partial charge in [0.15, 0.2) is 0 Å². The van der Waals surface area contributed by atoms with Crippen LogP contribution >= 0.6 is 0 Å². The summed E-state index contributed by atoms with van der Waals surface area (Å²) in [7, 11) is 2.19. The Bertz CT molecular complexity index is 960. The Kier molecular flexibility index (Phi) is 8.09. The molecule has 0 N–H and O–H groups in total. The van der Waals surface area contributed by atoms with E-state index in [0.717, 1.165) is 49.5 Å². The maximum atomic E-state index is 5.97. The smallest absolute Gasteiger partial charge is 0.141 e. The zero-order valence-corrected chi connectivity index (χ0v) is 18.7. The summed E-state index contributed by atoms with van der Waals surface area (Å²) in [5.74, 6) is 0.977. The van der Waals surface area contributed by atoms with Crippen molar-refractivity contribution in [2.24, 2.45) is 0 Å². The third kappa shape index (κ3) is 5.96. The van der Waals surface area contributed by atoms with Crippen molar-refractivity contribution in [3.8, 4) is 5.75 Å². The number of hydrogen-bond acceptors (Lipinski definition) is 3. The molecule has 0 amide bonds. The van der Waals surface area contributed by atoms with Gasteiger partial charge in [0.2, 0.25) is 0 Å². The first-order chi connectivity index (χ1) is 14.6. The molecule has 0 spiro atoms. The lowest BCUT2D eigenvalue weighted by atomic mass is 10.00. The van der Waals surface area contributed by atoms with E-state index < -0.39 is 0 Å². The number of ether oxygens (including phenoxy) is 1. The van der Waals surface area contributed by atoms with Crippen LogP contribution in [0.1, 0.15) is 56.2 Å². The number of allylic oxidation sites excluding steroid dienone is 1. The maximum Gasteiger partial charge on any atom is 0.141 e. The SMILES string of the molecule is C=C(C)c1ccc(OCCCCCCN(C)Cc2cccn3ccnc23)cc1CC. The largest absolute Gasteiger partial charge is 0.494 e. The molecular formula is C26H35N3O. The fourth-order valence-corrected chi connectivity index (χ4v) is 3.90. The number of nitrogens with zero attached hydrogens (tertiary/aromatic N) is 3. The highest BCUT2D eigenvalue weighted by atomic mass is 16.5. The molecule has 0 saturated carbocycles. The molecule has 0 atom stereocenters. The topological polar surface area (TPSA) is 29.8 Å². The summed E-state index contributed by atoms with van der Waals surface area (Å²) >= 11 is 0. The minimum Gasteiger partial charge on any atom is -0.494 e. The van der Waals surface area contributed by atoms with E-state index in [4.69, 9.17) is 4.74 Å². The Hall–Kier alpha value is -2.59. The van der Waals surface area contributed by atoms with Crippen LogP contribution in [-0.2, 0) is 13.0 Å². The highest BCUT2D eigenvalue weighted by Gasteiger charge is 2.06. The molecule has 0 bridgehead atoms. The Labute approximate surface area is 181 Å². The molecule has 30 heavy (non-hydrogen) atoms. The monoisotopic (exact) mass is 405 g/mol. The van der Waals surface area contributed by atoms with E-state index in [1.54, 1.807) is 0 Å². The average Bonchev–Trinajstić information content (AvgIpc) is 3.22. The van der Waals surface area contributed by atoms with Crippen molar-refractivity contribution in [1.29, 1.82) is 0 Å². The van der Waals surface area contributed by atoms with Gasteiger partial charge in [-0.25, -0.2) is 4.98 Å². The van der Waals surface area contributed by atoms with E-state index in [0.29, 0.717) is 0 Å². The molecule has 3 aromatic rings. The van der Waals surface area contributed by atoms with E-state index in [9.17, 15) is 0 Å². The van der Waals surface area contributed by atoms with E-state index in [2.05, 4.69) is 72.1 Å². The minimum absolute atomic E-state index is 0.785. The van der Waals surface area contributed by atoms with Gasteiger partial charge in [0.05, 0.1) is 6.61 Å². The van der Waals surface area contributed by atoms with Crippen LogP contribution in [-0.4, -0.2) is 34.5 Å². The minimum atomic E-state index is 0.785. The maximum absolute atomic E-state index is 5.97. The Morgan fingerprint density at radius 2 is 1.93 bits per heavy atom. The van der Waals surface area contributed by atoms with E-state index >= 15 is 0 Å². The number of fused-ring (bicyclic) bond motifs is 1. The first-order valence-electron chi connectivity index (χ1n) is 11.1. The van der Waals surface area contributed by atoms with Crippen molar-refractivity contribution in [3.05, 3.63) is 72.2 Å². The van der Waals surface area contributed by atoms with Crippen LogP contribution in [0, 0.1) is 0 Å². The van der Waals surface area contributed by atoms with Crippen LogP contribution in [0.4, 0.5) is 0 Å². The summed E-state index contributed by atoms with van der Waals surface area (Å²) < 4.78 is 8.06. The second-order valence-electron chi connectivity index (χ2n) is 8.14. The molecule has 0 aliphatic carbocycles. The fourth-order valence-electron chi connectivity index (χ4n) is 3.90. The summed E-state index contributed by atoms with van der Waals surface area (Å²) in [6.45, 7) is 11.1. The summed E-state index contributed by atoms with van der Waals surface area (Å²) in [6.07, 6.45) is 11.7. The van der Waals surface area contributed by atoms with Crippen molar-refractivity contribution in [1.82, 2.24) is 14.3 Å². The summed E-state index contributed by atoms with van der Waals surface area (Å²) in [5.41, 5.74) is 6.02. The predicted octanol–water partition coefficient (Wildman–Crippen LogP) is 6.00. The summed E-state index contributed by atoms with van der Waals surface area (Å²) in [4.78, 5) is 6.85. The van der Waals surface area contributed by atoms with E-state index in [1.807, 2.05) is 18.6 Å². The van der Waals surface area contributed by atoms with Crippen LogP contribution in [0.15, 0.2) is 55.5 Å². The van der Waals surface area contributed by atoms with E-state index in [-0.39, 0.29) is 0 Å². The number of aryl methyl sites for hydroxylation is 1. The number of aromatic nitrogens is 2. The number of pyridine rings is 1. The number of benzene rings is 1. The van der Waals surface area contributed by atoms with Gasteiger partial charge in [-0.3, -0.25) is 0 Å². The molecule has 4 heteroatoms. The van der Waals surface area contributed by atoms with Gasteiger partial charge in [-0.1, -0.05) is 44.1 Å². The molecule has 0 aliphatic rings. The highest BCUT2D eigenvalue weighted by molar-refractivity contribution is 5.65. The van der Waals surface area contributed by atoms with Gasteiger partial charge < -0.3 is 14.0 Å². The second kappa shape index (κ2) is 11.0. The first-order valence-corrected chi connectivity index (χ1v) is 11.1. The predicted molar refractivity (Wildman–Crippen MR) is 126 cm³/mol. The normalized spacial score (nSPS) is 11.3. The van der Waals surface area contributed by atoms with Gasteiger partial charge in [-0.2, -0.15) is 0 Å². The molecule has 160 valence electrons. The number of imidazole rings is 1. The molecule has 4 nitrogen and oxygen atoms in total. The molecule has 0 unspecified atom stereocenters. The van der Waals surface area contributed by atoms with Gasteiger partial charge in [-0.15, -0.1) is 0 Å². The molecule has 0 radical (unpaired) electrons. The van der Waals surface area contributed by atoms with Crippen molar-refractivity contribution in [2.45, 2.75) is 52.5 Å². The van der Waals surface area contributed by atoms with Crippen LogP contribution in [0.3, 0.4) is 0 Å². The zero-order valence-electron chi connectivity index (χ0n) is 18.7. The summed E-state index contributed by atoms with van der Waals surface area (Å²) in [5, 5.41) is 0. The fraction of sp³-hybridized carbons (Fsp3) is 0.423. The zero-order chi connectivity index (χ0) is 21.3. The average molecular weight is 406 g/mol. The van der Waals surface area contributed by atoms with Crippen LogP contribution < -0.4 is 4.74 Å². The van der Waals surface area contributed by atoms with Gasteiger partial charge in [-0.05, 0) is 69.1 Å². The number of rotatable bonds is 12. The lowest BCUT2D eigenvalue weighted by Gasteiger charge is -2.17. The van der Waals surface area contributed by atoms with Gasteiger partial charge >= 0.3 is 0 Å². The Balaban J connectivity index is 1.32. The van der Waals surface area contributed by atoms with Crippen LogP contribution in [0.5, 0.6) is 5.75 Å². The molecule has 3 rings (SSSR count). The number of hydrogen-bond donors (Lipinski definition) is 0. The molecule has 2 aromatic heterocycles. The first kappa shape index (κ1) is 22.1. The summed E-state index contributed by atoms with van der Waals surface area (Å²) in [6, 6.07) is 10.6. The van der Waals surface area contributed by atoms with Crippen LogP contribution in [0.2, 0.25) is 0 Å². The van der Waals surface area contributed by atoms with Crippen molar-refractivity contribution in [3.63, 3.8) is 0 Å². The highest BCUT2D eigenvalue weighted by Crippen LogP contribution is 2.23. The van der Waals surface area contributed by atoms with Crippen LogP contribution in [0.25, 0.3) is 11.2 Å². The van der Waals surface area contributed by atoms with Crippen molar-refractivity contribution in [2.75, 3.05) is 20.2 Å². The molecule has 0 fully saturated rings.